The van der Waals surface area contributed by atoms with Crippen LogP contribution in [0.5, 0.6) is 0 Å². The number of benzene rings is 1. The van der Waals surface area contributed by atoms with Crippen molar-refractivity contribution in [3.05, 3.63) is 29.6 Å². The predicted octanol–water partition coefficient (Wildman–Crippen LogP) is 5.41. The lowest BCUT2D eigenvalue weighted by molar-refractivity contribution is 0.371. The number of rotatable bonds is 3. The highest BCUT2D eigenvalue weighted by molar-refractivity contribution is 6.17. The van der Waals surface area contributed by atoms with Gasteiger partial charge < -0.3 is 4.57 Å². The molecule has 0 radical (unpaired) electrons. The summed E-state index contributed by atoms with van der Waals surface area (Å²) in [5.41, 5.74) is 3.75. The largest absolute Gasteiger partial charge is 0.325 e. The molecule has 1 aliphatic carbocycles. The highest BCUT2D eigenvalue weighted by atomic mass is 35.5. The molecule has 0 bridgehead atoms. The van der Waals surface area contributed by atoms with Gasteiger partial charge in [0.2, 0.25) is 0 Å². The Balaban J connectivity index is 2.03. The molecule has 0 saturated heterocycles. The van der Waals surface area contributed by atoms with Crippen molar-refractivity contribution in [2.24, 2.45) is 0 Å². The maximum Gasteiger partial charge on any atom is 0.111 e. The van der Waals surface area contributed by atoms with Crippen molar-refractivity contribution in [1.29, 1.82) is 0 Å². The zero-order valence-electron chi connectivity index (χ0n) is 12.9. The molecular formula is C18H25ClN2. The predicted molar refractivity (Wildman–Crippen MR) is 90.3 cm³/mol. The fourth-order valence-electron chi connectivity index (χ4n) is 3.61. The second-order valence-electron chi connectivity index (χ2n) is 6.33. The number of alkyl halides is 1. The molecule has 0 atom stereocenters. The molecule has 0 aliphatic heterocycles. The van der Waals surface area contributed by atoms with Crippen molar-refractivity contribution in [2.45, 2.75) is 64.3 Å². The Morgan fingerprint density at radius 2 is 1.86 bits per heavy atom. The monoisotopic (exact) mass is 304 g/mol. The number of nitrogens with zero attached hydrogens (tertiary/aromatic N) is 2. The normalized spacial score (nSPS) is 17.8. The second-order valence-corrected chi connectivity index (χ2v) is 6.71. The molecule has 0 spiro atoms. The Bertz CT molecular complexity index is 595. The van der Waals surface area contributed by atoms with Crippen molar-refractivity contribution in [3.8, 4) is 0 Å². The standard InChI is InChI=1S/C18H25ClN2/c1-14-9-10-16-17(13-14)21(18(20-16)11-12-19)15-7-5-3-2-4-6-8-15/h9-10,13,15H,2-8,11-12H2,1H3. The van der Waals surface area contributed by atoms with E-state index in [-0.39, 0.29) is 0 Å². The summed E-state index contributed by atoms with van der Waals surface area (Å²) in [6.45, 7) is 2.16. The number of halogens is 1. The van der Waals surface area contributed by atoms with Crippen LogP contribution in [0.3, 0.4) is 0 Å². The lowest BCUT2D eigenvalue weighted by Gasteiger charge is -2.24. The van der Waals surface area contributed by atoms with Crippen LogP contribution in [0.2, 0.25) is 0 Å². The first-order chi connectivity index (χ1) is 10.3. The SMILES string of the molecule is Cc1ccc2nc(CCCl)n(C3CCCCCCC3)c2c1. The first-order valence-electron chi connectivity index (χ1n) is 8.33. The Labute approximate surface area is 132 Å². The van der Waals surface area contributed by atoms with Gasteiger partial charge in [0.1, 0.15) is 5.82 Å². The zero-order valence-corrected chi connectivity index (χ0v) is 13.7. The van der Waals surface area contributed by atoms with Gasteiger partial charge in [0.15, 0.2) is 0 Å². The first-order valence-corrected chi connectivity index (χ1v) is 8.86. The van der Waals surface area contributed by atoms with E-state index in [4.69, 9.17) is 16.6 Å². The third-order valence-corrected chi connectivity index (χ3v) is 4.86. The molecule has 1 aromatic carbocycles. The van der Waals surface area contributed by atoms with Crippen LogP contribution in [0, 0.1) is 6.92 Å². The highest BCUT2D eigenvalue weighted by Gasteiger charge is 2.19. The molecule has 2 nitrogen and oxygen atoms in total. The molecule has 3 heteroatoms. The highest BCUT2D eigenvalue weighted by Crippen LogP contribution is 2.31. The maximum absolute atomic E-state index is 6.01. The molecule has 1 saturated carbocycles. The van der Waals surface area contributed by atoms with Crippen LogP contribution in [0.15, 0.2) is 18.2 Å². The summed E-state index contributed by atoms with van der Waals surface area (Å²) in [5, 5.41) is 0. The van der Waals surface area contributed by atoms with Crippen LogP contribution in [0.1, 0.15) is 62.4 Å². The Morgan fingerprint density at radius 1 is 1.14 bits per heavy atom. The van der Waals surface area contributed by atoms with E-state index >= 15 is 0 Å². The first kappa shape index (κ1) is 14.9. The van der Waals surface area contributed by atoms with Crippen molar-refractivity contribution >= 4 is 22.6 Å². The lowest BCUT2D eigenvalue weighted by Crippen LogP contribution is -2.14. The van der Waals surface area contributed by atoms with Crippen LogP contribution in [0.25, 0.3) is 11.0 Å². The van der Waals surface area contributed by atoms with E-state index < -0.39 is 0 Å². The summed E-state index contributed by atoms with van der Waals surface area (Å²) >= 11 is 6.01. The third-order valence-electron chi connectivity index (χ3n) is 4.68. The molecule has 114 valence electrons. The Morgan fingerprint density at radius 3 is 2.57 bits per heavy atom. The molecule has 1 aliphatic rings. The average molecular weight is 305 g/mol. The van der Waals surface area contributed by atoms with Crippen LogP contribution in [-0.2, 0) is 6.42 Å². The van der Waals surface area contributed by atoms with E-state index in [0.717, 1.165) is 11.9 Å². The average Bonchev–Trinajstić information content (AvgIpc) is 2.77. The smallest absolute Gasteiger partial charge is 0.111 e. The summed E-state index contributed by atoms with van der Waals surface area (Å²) in [6.07, 6.45) is 10.3. The minimum atomic E-state index is 0.607. The number of aromatic nitrogens is 2. The molecular weight excluding hydrogens is 280 g/mol. The second kappa shape index (κ2) is 6.83. The number of hydrogen-bond acceptors (Lipinski definition) is 1. The molecule has 0 unspecified atom stereocenters. The van der Waals surface area contributed by atoms with Gasteiger partial charge in [-0.25, -0.2) is 4.98 Å². The minimum absolute atomic E-state index is 0.607. The van der Waals surface area contributed by atoms with E-state index in [1.165, 1.54) is 61.9 Å². The summed E-state index contributed by atoms with van der Waals surface area (Å²) in [4.78, 5) is 4.85. The van der Waals surface area contributed by atoms with Gasteiger partial charge in [-0.3, -0.25) is 0 Å². The molecule has 0 N–H and O–H groups in total. The van der Waals surface area contributed by atoms with Gasteiger partial charge in [-0.2, -0.15) is 0 Å². The van der Waals surface area contributed by atoms with E-state index in [1.807, 2.05) is 0 Å². The molecule has 1 aromatic heterocycles. The fraction of sp³-hybridized carbons (Fsp3) is 0.611. The fourth-order valence-corrected chi connectivity index (χ4v) is 3.78. The van der Waals surface area contributed by atoms with Crippen LogP contribution in [-0.4, -0.2) is 15.4 Å². The minimum Gasteiger partial charge on any atom is -0.325 e. The van der Waals surface area contributed by atoms with E-state index in [9.17, 15) is 0 Å². The number of hydrogen-bond donors (Lipinski definition) is 0. The molecule has 21 heavy (non-hydrogen) atoms. The summed E-state index contributed by atoms with van der Waals surface area (Å²) < 4.78 is 2.51. The van der Waals surface area contributed by atoms with Crippen molar-refractivity contribution in [2.75, 3.05) is 5.88 Å². The van der Waals surface area contributed by atoms with Crippen molar-refractivity contribution in [3.63, 3.8) is 0 Å². The lowest BCUT2D eigenvalue weighted by atomic mass is 9.96. The number of imidazole rings is 1. The van der Waals surface area contributed by atoms with Gasteiger partial charge in [0.05, 0.1) is 11.0 Å². The van der Waals surface area contributed by atoms with E-state index in [0.29, 0.717) is 11.9 Å². The molecule has 3 rings (SSSR count). The van der Waals surface area contributed by atoms with Gasteiger partial charge in [-0.15, -0.1) is 11.6 Å². The topological polar surface area (TPSA) is 17.8 Å². The molecule has 1 heterocycles. The van der Waals surface area contributed by atoms with E-state index in [1.54, 1.807) is 0 Å². The van der Waals surface area contributed by atoms with Crippen LogP contribution < -0.4 is 0 Å². The molecule has 2 aromatic rings. The van der Waals surface area contributed by atoms with Crippen LogP contribution in [0.4, 0.5) is 0 Å². The summed E-state index contributed by atoms with van der Waals surface area (Å²) in [6, 6.07) is 7.21. The van der Waals surface area contributed by atoms with Gasteiger partial charge in [-0.05, 0) is 37.5 Å². The van der Waals surface area contributed by atoms with Crippen molar-refractivity contribution in [1.82, 2.24) is 9.55 Å². The Kier molecular flexibility index (Phi) is 4.84. The number of aryl methyl sites for hydroxylation is 2. The number of fused-ring (bicyclic) bond motifs is 1. The van der Waals surface area contributed by atoms with Crippen molar-refractivity contribution < 1.29 is 0 Å². The van der Waals surface area contributed by atoms with Gasteiger partial charge in [0, 0.05) is 18.3 Å². The molecule has 0 amide bonds. The third kappa shape index (κ3) is 3.26. The summed E-state index contributed by atoms with van der Waals surface area (Å²) in [7, 11) is 0. The summed E-state index contributed by atoms with van der Waals surface area (Å²) in [5.74, 6) is 1.82. The van der Waals surface area contributed by atoms with Crippen LogP contribution >= 0.6 is 11.6 Å². The zero-order chi connectivity index (χ0) is 14.7. The van der Waals surface area contributed by atoms with Gasteiger partial charge in [-0.1, -0.05) is 38.2 Å². The van der Waals surface area contributed by atoms with E-state index in [2.05, 4.69) is 29.7 Å². The molecule has 1 fully saturated rings. The van der Waals surface area contributed by atoms with Gasteiger partial charge >= 0.3 is 0 Å². The van der Waals surface area contributed by atoms with Gasteiger partial charge in [0.25, 0.3) is 0 Å². The Hall–Kier alpha value is -1.02. The maximum atomic E-state index is 6.01. The quantitative estimate of drug-likeness (QED) is 0.693.